The standard InChI is InChI=1S/C25H42N4O2/c1-7-28(8-2)17-20-9-11-22(12-10-20)24(31)29-15-13-21(14-16-29)23(30)26-18-25(3,4)19-27(5)6/h9-12,21H,7-8,13-19H2,1-6H3,(H,26,30). The van der Waals surface area contributed by atoms with Crippen LogP contribution in [0.5, 0.6) is 0 Å². The van der Waals surface area contributed by atoms with Crippen molar-refractivity contribution in [1.29, 1.82) is 0 Å². The molecule has 0 spiro atoms. The maximum Gasteiger partial charge on any atom is 0.253 e. The molecule has 1 aliphatic rings. The predicted molar refractivity (Wildman–Crippen MR) is 127 cm³/mol. The Labute approximate surface area is 189 Å². The molecule has 1 saturated heterocycles. The van der Waals surface area contributed by atoms with Gasteiger partial charge in [0.1, 0.15) is 0 Å². The molecule has 6 heteroatoms. The molecule has 6 nitrogen and oxygen atoms in total. The minimum absolute atomic E-state index is 0.00403. The molecule has 1 heterocycles. The van der Waals surface area contributed by atoms with Gasteiger partial charge in [0, 0.05) is 44.2 Å². The molecule has 1 aromatic carbocycles. The number of piperidine rings is 1. The molecule has 2 amide bonds. The Kier molecular flexibility index (Phi) is 9.51. The van der Waals surface area contributed by atoms with Gasteiger partial charge in [0.15, 0.2) is 0 Å². The molecule has 0 saturated carbocycles. The molecule has 1 fully saturated rings. The van der Waals surface area contributed by atoms with Crippen LogP contribution < -0.4 is 5.32 Å². The predicted octanol–water partition coefficient (Wildman–Crippen LogP) is 3.08. The zero-order chi connectivity index (χ0) is 23.0. The fourth-order valence-corrected chi connectivity index (χ4v) is 4.37. The number of likely N-dealkylation sites (tertiary alicyclic amines) is 1. The second-order valence-corrected chi connectivity index (χ2v) is 9.84. The van der Waals surface area contributed by atoms with Crippen LogP contribution in [0.2, 0.25) is 0 Å². The van der Waals surface area contributed by atoms with Crippen molar-refractivity contribution in [3.63, 3.8) is 0 Å². The van der Waals surface area contributed by atoms with Crippen molar-refractivity contribution in [3.05, 3.63) is 35.4 Å². The highest BCUT2D eigenvalue weighted by Crippen LogP contribution is 2.21. The van der Waals surface area contributed by atoms with Crippen molar-refractivity contribution in [2.75, 3.05) is 53.4 Å². The van der Waals surface area contributed by atoms with E-state index in [9.17, 15) is 9.59 Å². The molecule has 0 aliphatic carbocycles. The first-order valence-electron chi connectivity index (χ1n) is 11.7. The second-order valence-electron chi connectivity index (χ2n) is 9.84. The van der Waals surface area contributed by atoms with E-state index in [-0.39, 0.29) is 23.1 Å². The Hall–Kier alpha value is -1.92. The van der Waals surface area contributed by atoms with Crippen molar-refractivity contribution in [1.82, 2.24) is 20.0 Å². The highest BCUT2D eigenvalue weighted by Gasteiger charge is 2.29. The van der Waals surface area contributed by atoms with Gasteiger partial charge in [0.25, 0.3) is 5.91 Å². The summed E-state index contributed by atoms with van der Waals surface area (Å²) in [6.45, 7) is 14.5. The fraction of sp³-hybridized carbons (Fsp3) is 0.680. The third-order valence-electron chi connectivity index (χ3n) is 6.14. The Morgan fingerprint density at radius 3 is 2.16 bits per heavy atom. The summed E-state index contributed by atoms with van der Waals surface area (Å²) in [5.74, 6) is 0.190. The monoisotopic (exact) mass is 430 g/mol. The molecule has 0 radical (unpaired) electrons. The van der Waals surface area contributed by atoms with Crippen molar-refractivity contribution < 1.29 is 9.59 Å². The minimum atomic E-state index is -0.00403. The van der Waals surface area contributed by atoms with Crippen LogP contribution in [-0.2, 0) is 11.3 Å². The van der Waals surface area contributed by atoms with Gasteiger partial charge in [-0.05, 0) is 63.1 Å². The molecule has 1 aromatic rings. The van der Waals surface area contributed by atoms with Gasteiger partial charge in [0.05, 0.1) is 0 Å². The van der Waals surface area contributed by atoms with E-state index in [0.717, 1.165) is 44.6 Å². The van der Waals surface area contributed by atoms with E-state index in [2.05, 4.69) is 69.0 Å². The highest BCUT2D eigenvalue weighted by molar-refractivity contribution is 5.94. The molecule has 1 N–H and O–H groups in total. The minimum Gasteiger partial charge on any atom is -0.355 e. The zero-order valence-corrected chi connectivity index (χ0v) is 20.4. The molecule has 2 rings (SSSR count). The summed E-state index contributed by atoms with van der Waals surface area (Å²) in [6, 6.07) is 7.99. The van der Waals surface area contributed by atoms with E-state index in [1.165, 1.54) is 5.56 Å². The number of nitrogens with zero attached hydrogens (tertiary/aromatic N) is 3. The number of amides is 2. The van der Waals surface area contributed by atoms with Crippen molar-refractivity contribution in [2.24, 2.45) is 11.3 Å². The Morgan fingerprint density at radius 2 is 1.65 bits per heavy atom. The summed E-state index contributed by atoms with van der Waals surface area (Å²) in [4.78, 5) is 31.9. The summed E-state index contributed by atoms with van der Waals surface area (Å²) < 4.78 is 0. The number of rotatable bonds is 10. The molecular weight excluding hydrogens is 388 g/mol. The Balaban J connectivity index is 1.82. The fourth-order valence-electron chi connectivity index (χ4n) is 4.37. The average Bonchev–Trinajstić information content (AvgIpc) is 2.75. The van der Waals surface area contributed by atoms with Crippen LogP contribution >= 0.6 is 0 Å². The van der Waals surface area contributed by atoms with Crippen LogP contribution in [0.1, 0.15) is 56.5 Å². The average molecular weight is 431 g/mol. The maximum absolute atomic E-state index is 12.9. The number of hydrogen-bond acceptors (Lipinski definition) is 4. The topological polar surface area (TPSA) is 55.9 Å². The van der Waals surface area contributed by atoms with Gasteiger partial charge >= 0.3 is 0 Å². The Bertz CT molecular complexity index is 703. The molecule has 174 valence electrons. The largest absolute Gasteiger partial charge is 0.355 e. The quantitative estimate of drug-likeness (QED) is 0.620. The first-order valence-corrected chi connectivity index (χ1v) is 11.7. The van der Waals surface area contributed by atoms with Crippen LogP contribution in [0.3, 0.4) is 0 Å². The van der Waals surface area contributed by atoms with Crippen molar-refractivity contribution in [3.8, 4) is 0 Å². The van der Waals surface area contributed by atoms with E-state index in [1.807, 2.05) is 17.0 Å². The lowest BCUT2D eigenvalue weighted by atomic mass is 9.91. The van der Waals surface area contributed by atoms with Crippen LogP contribution in [0.4, 0.5) is 0 Å². The van der Waals surface area contributed by atoms with Crippen LogP contribution in [0.15, 0.2) is 24.3 Å². The number of hydrogen-bond donors (Lipinski definition) is 1. The lowest BCUT2D eigenvalue weighted by Gasteiger charge is -2.33. The molecule has 31 heavy (non-hydrogen) atoms. The van der Waals surface area contributed by atoms with Crippen LogP contribution in [0.25, 0.3) is 0 Å². The smallest absolute Gasteiger partial charge is 0.253 e. The normalized spacial score (nSPS) is 15.5. The van der Waals surface area contributed by atoms with Crippen LogP contribution in [0, 0.1) is 11.3 Å². The summed E-state index contributed by atoms with van der Waals surface area (Å²) >= 11 is 0. The number of benzene rings is 1. The molecule has 0 unspecified atom stereocenters. The van der Waals surface area contributed by atoms with E-state index < -0.39 is 0 Å². The van der Waals surface area contributed by atoms with Gasteiger partial charge in [-0.2, -0.15) is 0 Å². The number of nitrogens with one attached hydrogen (secondary N) is 1. The summed E-state index contributed by atoms with van der Waals surface area (Å²) in [6.07, 6.45) is 1.46. The molecule has 0 bridgehead atoms. The van der Waals surface area contributed by atoms with E-state index >= 15 is 0 Å². The van der Waals surface area contributed by atoms with Gasteiger partial charge in [-0.15, -0.1) is 0 Å². The summed E-state index contributed by atoms with van der Waals surface area (Å²) in [5.41, 5.74) is 2.00. The van der Waals surface area contributed by atoms with E-state index in [4.69, 9.17) is 0 Å². The lowest BCUT2D eigenvalue weighted by molar-refractivity contribution is -0.126. The number of carbonyl (C=O) groups excluding carboxylic acids is 2. The van der Waals surface area contributed by atoms with Gasteiger partial charge < -0.3 is 15.1 Å². The summed E-state index contributed by atoms with van der Waals surface area (Å²) in [5, 5.41) is 3.13. The van der Waals surface area contributed by atoms with Crippen molar-refractivity contribution in [2.45, 2.75) is 47.1 Å². The zero-order valence-electron chi connectivity index (χ0n) is 20.4. The molecule has 1 aliphatic heterocycles. The third kappa shape index (κ3) is 7.93. The van der Waals surface area contributed by atoms with Gasteiger partial charge in [-0.25, -0.2) is 0 Å². The number of carbonyl (C=O) groups is 2. The Morgan fingerprint density at radius 1 is 1.06 bits per heavy atom. The van der Waals surface area contributed by atoms with Gasteiger partial charge in [-0.1, -0.05) is 39.8 Å². The SMILES string of the molecule is CCN(CC)Cc1ccc(C(=O)N2CCC(C(=O)NCC(C)(C)CN(C)C)CC2)cc1. The molecule has 0 aromatic heterocycles. The lowest BCUT2D eigenvalue weighted by Crippen LogP contribution is -2.46. The first-order chi connectivity index (χ1) is 14.6. The van der Waals surface area contributed by atoms with Crippen LogP contribution in [-0.4, -0.2) is 79.9 Å². The summed E-state index contributed by atoms with van der Waals surface area (Å²) in [7, 11) is 4.10. The second kappa shape index (κ2) is 11.6. The van der Waals surface area contributed by atoms with E-state index in [1.54, 1.807) is 0 Å². The first kappa shape index (κ1) is 25.3. The molecule has 0 atom stereocenters. The third-order valence-corrected chi connectivity index (χ3v) is 6.14. The molecular formula is C25H42N4O2. The maximum atomic E-state index is 12.9. The van der Waals surface area contributed by atoms with Gasteiger partial charge in [-0.3, -0.25) is 14.5 Å². The van der Waals surface area contributed by atoms with Crippen molar-refractivity contribution >= 4 is 11.8 Å². The highest BCUT2D eigenvalue weighted by atomic mass is 16.2. The van der Waals surface area contributed by atoms with Gasteiger partial charge in [0.2, 0.25) is 5.91 Å². The van der Waals surface area contributed by atoms with E-state index in [0.29, 0.717) is 19.6 Å².